The second-order valence-electron chi connectivity index (χ2n) is 8.00. The SMILES string of the molecule is C=CCO[C@]1(/C=[N+](/[O-])Cc2ccccc2)C[C@@H]2CON(Cc3ccccc3)[C@@H]2[C@H]1O. The van der Waals surface area contributed by atoms with Crippen molar-refractivity contribution in [3.63, 3.8) is 0 Å². The minimum Gasteiger partial charge on any atom is -0.624 e. The lowest BCUT2D eigenvalue weighted by Crippen LogP contribution is -2.51. The molecule has 2 fully saturated rings. The molecule has 0 bridgehead atoms. The number of aliphatic hydroxyl groups is 1. The summed E-state index contributed by atoms with van der Waals surface area (Å²) in [5.41, 5.74) is 0.941. The molecule has 1 saturated carbocycles. The van der Waals surface area contributed by atoms with Crippen LogP contribution in [0.15, 0.2) is 73.3 Å². The number of hydrogen-bond donors (Lipinski definition) is 1. The molecular weight excluding hydrogens is 380 g/mol. The van der Waals surface area contributed by atoms with Gasteiger partial charge >= 0.3 is 0 Å². The van der Waals surface area contributed by atoms with E-state index in [0.29, 0.717) is 19.6 Å². The first-order chi connectivity index (χ1) is 14.6. The van der Waals surface area contributed by atoms with Crippen LogP contribution in [0.1, 0.15) is 17.5 Å². The standard InChI is InChI=1S/C24H28N2O4/c1-2-13-29-24(18-25(28)15-19-9-5-3-6-10-19)14-21-17-30-26(22(21)23(24)27)16-20-11-7-4-8-12-20/h2-12,18,21-23,27H,1,13-17H2/b25-18+/t21-,22+,23-,24+/m1/s1. The third-order valence-electron chi connectivity index (χ3n) is 5.87. The molecule has 0 spiro atoms. The number of ether oxygens (including phenoxy) is 1. The zero-order valence-electron chi connectivity index (χ0n) is 17.0. The summed E-state index contributed by atoms with van der Waals surface area (Å²) < 4.78 is 6.91. The third-order valence-corrected chi connectivity index (χ3v) is 5.87. The molecule has 0 aromatic heterocycles. The molecule has 1 heterocycles. The first-order valence-electron chi connectivity index (χ1n) is 10.3. The van der Waals surface area contributed by atoms with Crippen molar-refractivity contribution in [2.24, 2.45) is 5.92 Å². The summed E-state index contributed by atoms with van der Waals surface area (Å²) in [6, 6.07) is 19.3. The van der Waals surface area contributed by atoms with E-state index in [1.165, 1.54) is 6.21 Å². The van der Waals surface area contributed by atoms with E-state index in [1.807, 2.05) is 65.7 Å². The van der Waals surface area contributed by atoms with Gasteiger partial charge in [-0.1, -0.05) is 66.7 Å². The van der Waals surface area contributed by atoms with E-state index < -0.39 is 11.7 Å². The van der Waals surface area contributed by atoms with Crippen LogP contribution < -0.4 is 0 Å². The molecule has 1 aliphatic heterocycles. The van der Waals surface area contributed by atoms with Gasteiger partial charge in [0.25, 0.3) is 0 Å². The molecule has 0 unspecified atom stereocenters. The Hall–Kier alpha value is -2.51. The zero-order chi connectivity index (χ0) is 21.0. The number of hydrogen-bond acceptors (Lipinski definition) is 5. The van der Waals surface area contributed by atoms with Crippen molar-refractivity contribution in [3.8, 4) is 0 Å². The summed E-state index contributed by atoms with van der Waals surface area (Å²) in [7, 11) is 0. The van der Waals surface area contributed by atoms with Crippen LogP contribution in [0.4, 0.5) is 0 Å². The van der Waals surface area contributed by atoms with Gasteiger partial charge in [-0.2, -0.15) is 5.06 Å². The van der Waals surface area contributed by atoms with E-state index in [4.69, 9.17) is 9.57 Å². The molecule has 4 atom stereocenters. The normalized spacial score (nSPS) is 29.1. The highest BCUT2D eigenvalue weighted by atomic mass is 16.7. The number of benzene rings is 2. The topological polar surface area (TPSA) is 68.0 Å². The number of fused-ring (bicyclic) bond motifs is 1. The Morgan fingerprint density at radius 1 is 1.17 bits per heavy atom. The fourth-order valence-corrected chi connectivity index (χ4v) is 4.52. The van der Waals surface area contributed by atoms with Crippen molar-refractivity contribution >= 4 is 6.21 Å². The van der Waals surface area contributed by atoms with Crippen LogP contribution in [0.5, 0.6) is 0 Å². The van der Waals surface area contributed by atoms with Crippen LogP contribution >= 0.6 is 0 Å². The van der Waals surface area contributed by atoms with Crippen molar-refractivity contribution in [2.45, 2.75) is 37.3 Å². The fourth-order valence-electron chi connectivity index (χ4n) is 4.52. The maximum Gasteiger partial charge on any atom is 0.186 e. The van der Waals surface area contributed by atoms with E-state index in [-0.39, 0.29) is 25.1 Å². The molecule has 2 aliphatic rings. The fraction of sp³-hybridized carbons (Fsp3) is 0.375. The molecule has 0 radical (unpaired) electrons. The van der Waals surface area contributed by atoms with Crippen molar-refractivity contribution < 1.29 is 19.4 Å². The Kier molecular flexibility index (Phi) is 6.29. The van der Waals surface area contributed by atoms with Crippen LogP contribution in [-0.2, 0) is 22.7 Å². The van der Waals surface area contributed by atoms with E-state index in [1.54, 1.807) is 6.08 Å². The average molecular weight is 408 g/mol. The highest BCUT2D eigenvalue weighted by Crippen LogP contribution is 2.44. The maximum atomic E-state index is 12.8. The van der Waals surface area contributed by atoms with Gasteiger partial charge in [0.15, 0.2) is 18.4 Å². The lowest BCUT2D eigenvalue weighted by Gasteiger charge is -2.32. The smallest absolute Gasteiger partial charge is 0.186 e. The summed E-state index contributed by atoms with van der Waals surface area (Å²) >= 11 is 0. The van der Waals surface area contributed by atoms with Gasteiger partial charge < -0.3 is 15.1 Å². The van der Waals surface area contributed by atoms with Crippen molar-refractivity contribution in [1.29, 1.82) is 0 Å². The molecule has 0 amide bonds. The number of rotatable bonds is 8. The van der Waals surface area contributed by atoms with Crippen molar-refractivity contribution in [2.75, 3.05) is 13.2 Å². The minimum atomic E-state index is -1.07. The van der Waals surface area contributed by atoms with Gasteiger partial charge in [0.1, 0.15) is 6.10 Å². The first kappa shape index (κ1) is 20.8. The van der Waals surface area contributed by atoms with Gasteiger partial charge in [0, 0.05) is 18.0 Å². The molecule has 158 valence electrons. The summed E-state index contributed by atoms with van der Waals surface area (Å²) in [5, 5.41) is 25.9. The molecule has 6 heteroatoms. The van der Waals surface area contributed by atoms with Crippen LogP contribution in [-0.4, -0.2) is 52.1 Å². The lowest BCUT2D eigenvalue weighted by atomic mass is 9.99. The summed E-state index contributed by atoms with van der Waals surface area (Å²) in [4.78, 5) is 5.88. The summed E-state index contributed by atoms with van der Waals surface area (Å²) in [6.07, 6.45) is 2.78. The van der Waals surface area contributed by atoms with Gasteiger partial charge in [-0.3, -0.25) is 4.84 Å². The van der Waals surface area contributed by atoms with E-state index in [2.05, 4.69) is 6.58 Å². The molecule has 4 rings (SSSR count). The average Bonchev–Trinajstić information content (AvgIpc) is 3.26. The monoisotopic (exact) mass is 408 g/mol. The Morgan fingerprint density at radius 3 is 2.50 bits per heavy atom. The van der Waals surface area contributed by atoms with Gasteiger partial charge in [0.05, 0.1) is 19.3 Å². The lowest BCUT2D eigenvalue weighted by molar-refractivity contribution is -0.475. The van der Waals surface area contributed by atoms with Gasteiger partial charge in [-0.05, 0) is 12.0 Å². The molecule has 1 N–H and O–H groups in total. The third kappa shape index (κ3) is 4.32. The molecule has 1 aliphatic carbocycles. The van der Waals surface area contributed by atoms with Gasteiger partial charge in [0.2, 0.25) is 0 Å². The predicted molar refractivity (Wildman–Crippen MR) is 115 cm³/mol. The summed E-state index contributed by atoms with van der Waals surface area (Å²) in [5.74, 6) is 0.0786. The second kappa shape index (κ2) is 9.10. The van der Waals surface area contributed by atoms with Crippen molar-refractivity contribution in [1.82, 2.24) is 5.06 Å². The second-order valence-corrected chi connectivity index (χ2v) is 8.00. The van der Waals surface area contributed by atoms with E-state index >= 15 is 0 Å². The Morgan fingerprint density at radius 2 is 1.83 bits per heavy atom. The molecule has 2 aromatic rings. The largest absolute Gasteiger partial charge is 0.624 e. The van der Waals surface area contributed by atoms with Crippen LogP contribution in [0.25, 0.3) is 0 Å². The summed E-state index contributed by atoms with van der Waals surface area (Å²) in [6.45, 7) is 5.25. The molecule has 30 heavy (non-hydrogen) atoms. The van der Waals surface area contributed by atoms with Gasteiger partial charge in [-0.15, -0.1) is 6.58 Å². The van der Waals surface area contributed by atoms with Gasteiger partial charge in [-0.25, -0.2) is 4.74 Å². The van der Waals surface area contributed by atoms with Crippen molar-refractivity contribution in [3.05, 3.63) is 89.7 Å². The Labute approximate surface area is 177 Å². The molecule has 2 aromatic carbocycles. The first-order valence-corrected chi connectivity index (χ1v) is 10.3. The number of nitrogens with zero attached hydrogens (tertiary/aromatic N) is 2. The number of hydroxylamine groups is 3. The Balaban J connectivity index is 1.56. The van der Waals surface area contributed by atoms with E-state index in [9.17, 15) is 10.3 Å². The highest BCUT2D eigenvalue weighted by Gasteiger charge is 2.60. The minimum absolute atomic E-state index is 0.0786. The molecular formula is C24H28N2O4. The highest BCUT2D eigenvalue weighted by molar-refractivity contribution is 5.67. The maximum absolute atomic E-state index is 12.8. The Bertz CT molecular complexity index is 873. The quantitative estimate of drug-likeness (QED) is 0.239. The zero-order valence-corrected chi connectivity index (χ0v) is 17.0. The molecule has 6 nitrogen and oxygen atoms in total. The predicted octanol–water partition coefficient (Wildman–Crippen LogP) is 2.91. The number of aliphatic hydroxyl groups excluding tert-OH is 1. The van der Waals surface area contributed by atoms with Crippen LogP contribution in [0, 0.1) is 11.1 Å². The van der Waals surface area contributed by atoms with Crippen LogP contribution in [0.3, 0.4) is 0 Å². The van der Waals surface area contributed by atoms with E-state index in [0.717, 1.165) is 15.9 Å². The van der Waals surface area contributed by atoms with Crippen LogP contribution in [0.2, 0.25) is 0 Å². The molecule has 1 saturated heterocycles.